The molecule has 0 amide bonds. The molecular formula is C19H16N4OS. The van der Waals surface area contributed by atoms with Crippen LogP contribution in [0.3, 0.4) is 0 Å². The van der Waals surface area contributed by atoms with Crippen LogP contribution in [0.25, 0.3) is 0 Å². The molecule has 0 radical (unpaired) electrons. The van der Waals surface area contributed by atoms with Gasteiger partial charge < -0.3 is 10.1 Å². The number of ether oxygens (including phenoxy) is 1. The highest BCUT2D eigenvalue weighted by Gasteiger charge is 2.55. The van der Waals surface area contributed by atoms with Gasteiger partial charge >= 0.3 is 0 Å². The van der Waals surface area contributed by atoms with Crippen molar-refractivity contribution in [2.45, 2.75) is 5.92 Å². The molecule has 1 heterocycles. The SMILES string of the molecule is COc1ccc(C2C(C#N)C(=N)C(C#N)(C#N)C3=CCSCC32)cc1. The lowest BCUT2D eigenvalue weighted by molar-refractivity contribution is 0.406. The molecule has 124 valence electrons. The van der Waals surface area contributed by atoms with Crippen LogP contribution in [0.2, 0.25) is 0 Å². The number of benzene rings is 1. The third-order valence-electron chi connectivity index (χ3n) is 5.03. The number of nitriles is 3. The molecule has 5 nitrogen and oxygen atoms in total. The van der Waals surface area contributed by atoms with Gasteiger partial charge in [-0.05, 0) is 23.3 Å². The predicted octanol–water partition coefficient (Wildman–Crippen LogP) is 3.27. The summed E-state index contributed by atoms with van der Waals surface area (Å²) < 4.78 is 5.20. The van der Waals surface area contributed by atoms with Crippen molar-refractivity contribution in [3.63, 3.8) is 0 Å². The zero-order valence-corrected chi connectivity index (χ0v) is 14.5. The molecule has 0 saturated heterocycles. The second-order valence-corrected chi connectivity index (χ2v) is 7.17. The summed E-state index contributed by atoms with van der Waals surface area (Å²) in [6.45, 7) is 0. The van der Waals surface area contributed by atoms with Crippen LogP contribution >= 0.6 is 11.8 Å². The Hall–Kier alpha value is -2.75. The van der Waals surface area contributed by atoms with Crippen LogP contribution in [0.5, 0.6) is 5.75 Å². The van der Waals surface area contributed by atoms with Crippen molar-refractivity contribution in [1.29, 1.82) is 21.2 Å². The van der Waals surface area contributed by atoms with Gasteiger partial charge in [-0.2, -0.15) is 27.5 Å². The number of methoxy groups -OCH3 is 1. The maximum absolute atomic E-state index is 9.75. The first-order valence-corrected chi connectivity index (χ1v) is 9.01. The lowest BCUT2D eigenvalue weighted by atomic mass is 9.56. The first-order valence-electron chi connectivity index (χ1n) is 7.86. The van der Waals surface area contributed by atoms with Crippen LogP contribution in [0, 0.1) is 56.7 Å². The summed E-state index contributed by atoms with van der Waals surface area (Å²) >= 11 is 1.72. The van der Waals surface area contributed by atoms with E-state index < -0.39 is 11.3 Å². The summed E-state index contributed by atoms with van der Waals surface area (Å²) in [5, 5.41) is 37.6. The molecule has 3 unspecified atom stereocenters. The fourth-order valence-electron chi connectivity index (χ4n) is 3.78. The van der Waals surface area contributed by atoms with E-state index in [9.17, 15) is 15.8 Å². The number of rotatable bonds is 2. The van der Waals surface area contributed by atoms with Crippen molar-refractivity contribution >= 4 is 17.5 Å². The highest BCUT2D eigenvalue weighted by atomic mass is 32.2. The van der Waals surface area contributed by atoms with Gasteiger partial charge in [0.15, 0.2) is 0 Å². The van der Waals surface area contributed by atoms with Crippen molar-refractivity contribution in [1.82, 2.24) is 0 Å². The van der Waals surface area contributed by atoms with Crippen molar-refractivity contribution in [3.05, 3.63) is 41.5 Å². The van der Waals surface area contributed by atoms with Crippen LogP contribution in [0.15, 0.2) is 35.9 Å². The van der Waals surface area contributed by atoms with Crippen LogP contribution in [-0.4, -0.2) is 24.3 Å². The molecule has 1 aromatic carbocycles. The summed E-state index contributed by atoms with van der Waals surface area (Å²) in [5.74, 6) is 1.03. The molecule has 1 aliphatic carbocycles. The monoisotopic (exact) mass is 348 g/mol. The highest BCUT2D eigenvalue weighted by molar-refractivity contribution is 7.99. The average Bonchev–Trinajstić information content (AvgIpc) is 2.68. The van der Waals surface area contributed by atoms with Gasteiger partial charge in [0.05, 0.1) is 36.9 Å². The van der Waals surface area contributed by atoms with Gasteiger partial charge in [0, 0.05) is 23.3 Å². The fraction of sp³-hybridized carbons (Fsp3) is 0.368. The van der Waals surface area contributed by atoms with E-state index in [2.05, 4.69) is 6.07 Å². The van der Waals surface area contributed by atoms with Gasteiger partial charge in [0.1, 0.15) is 5.75 Å². The number of hydrogen-bond acceptors (Lipinski definition) is 6. The van der Waals surface area contributed by atoms with Crippen molar-refractivity contribution in [3.8, 4) is 24.0 Å². The molecule has 1 N–H and O–H groups in total. The fourth-order valence-corrected chi connectivity index (χ4v) is 4.86. The summed E-state index contributed by atoms with van der Waals surface area (Å²) in [6.07, 6.45) is 1.91. The Morgan fingerprint density at radius 3 is 2.44 bits per heavy atom. The summed E-state index contributed by atoms with van der Waals surface area (Å²) in [7, 11) is 1.59. The zero-order chi connectivity index (χ0) is 18.0. The first kappa shape index (κ1) is 17.1. The van der Waals surface area contributed by atoms with E-state index in [1.807, 2.05) is 42.5 Å². The number of fused-ring (bicyclic) bond motifs is 1. The zero-order valence-electron chi connectivity index (χ0n) is 13.7. The molecule has 25 heavy (non-hydrogen) atoms. The standard InChI is InChI=1S/C19H16N4OS/c1-24-13-4-2-12(3-5-13)17-14(8-20)18(23)19(10-21,11-22)16-6-7-25-9-15(16)17/h2-6,14-15,17,23H,7,9H2,1H3. The molecule has 1 aromatic rings. The number of allylic oxidation sites excluding steroid dienone is 1. The van der Waals surface area contributed by atoms with Crippen molar-refractivity contribution < 1.29 is 4.74 Å². The van der Waals surface area contributed by atoms with Crippen LogP contribution < -0.4 is 4.74 Å². The minimum atomic E-state index is -1.62. The topological polar surface area (TPSA) is 104 Å². The lowest BCUT2D eigenvalue weighted by Crippen LogP contribution is -2.48. The quantitative estimate of drug-likeness (QED) is 0.826. The molecule has 1 saturated carbocycles. The number of nitrogens with one attached hydrogen (secondary N) is 1. The Kier molecular flexibility index (Phi) is 4.53. The number of hydrogen-bond donors (Lipinski definition) is 1. The lowest BCUT2D eigenvalue weighted by Gasteiger charge is -2.45. The van der Waals surface area contributed by atoms with Gasteiger partial charge in [0.2, 0.25) is 5.41 Å². The molecular weight excluding hydrogens is 332 g/mol. The molecule has 6 heteroatoms. The van der Waals surface area contributed by atoms with E-state index >= 15 is 0 Å². The third kappa shape index (κ3) is 2.49. The van der Waals surface area contributed by atoms with E-state index in [4.69, 9.17) is 10.1 Å². The van der Waals surface area contributed by atoms with Crippen LogP contribution in [0.1, 0.15) is 11.5 Å². The first-order chi connectivity index (χ1) is 12.1. The number of thioether (sulfide) groups is 1. The number of nitrogens with zero attached hydrogens (tertiary/aromatic N) is 3. The maximum Gasteiger partial charge on any atom is 0.203 e. The molecule has 3 rings (SSSR count). The van der Waals surface area contributed by atoms with E-state index in [-0.39, 0.29) is 17.5 Å². The molecule has 0 spiro atoms. The smallest absolute Gasteiger partial charge is 0.203 e. The largest absolute Gasteiger partial charge is 0.497 e. The Bertz CT molecular complexity index is 839. The molecule has 1 fully saturated rings. The molecule has 3 atom stereocenters. The predicted molar refractivity (Wildman–Crippen MR) is 95.1 cm³/mol. The molecule has 2 aliphatic rings. The highest BCUT2D eigenvalue weighted by Crippen LogP contribution is 2.53. The summed E-state index contributed by atoms with van der Waals surface area (Å²) in [4.78, 5) is 0. The normalized spacial score (nSPS) is 27.0. The Balaban J connectivity index is 2.16. The Morgan fingerprint density at radius 1 is 1.20 bits per heavy atom. The van der Waals surface area contributed by atoms with Gasteiger partial charge in [-0.25, -0.2) is 0 Å². The Morgan fingerprint density at radius 2 is 1.88 bits per heavy atom. The van der Waals surface area contributed by atoms with Gasteiger partial charge in [0.25, 0.3) is 0 Å². The van der Waals surface area contributed by atoms with E-state index in [1.54, 1.807) is 18.9 Å². The summed E-state index contributed by atoms with van der Waals surface area (Å²) in [5.41, 5.74) is -0.0987. The second kappa shape index (κ2) is 6.63. The Labute approximate surface area is 151 Å². The average molecular weight is 348 g/mol. The minimum Gasteiger partial charge on any atom is -0.497 e. The maximum atomic E-state index is 9.75. The van der Waals surface area contributed by atoms with E-state index in [0.29, 0.717) is 5.57 Å². The van der Waals surface area contributed by atoms with Crippen molar-refractivity contribution in [2.24, 2.45) is 17.3 Å². The van der Waals surface area contributed by atoms with Gasteiger partial charge in [-0.15, -0.1) is 0 Å². The minimum absolute atomic E-state index is 0.102. The molecule has 1 aliphatic heterocycles. The molecule has 0 bridgehead atoms. The van der Waals surface area contributed by atoms with E-state index in [1.165, 1.54) is 0 Å². The summed E-state index contributed by atoms with van der Waals surface area (Å²) in [6, 6.07) is 13.8. The van der Waals surface area contributed by atoms with Gasteiger partial charge in [-0.3, -0.25) is 0 Å². The van der Waals surface area contributed by atoms with E-state index in [0.717, 1.165) is 22.8 Å². The van der Waals surface area contributed by atoms with Crippen molar-refractivity contribution in [2.75, 3.05) is 18.6 Å². The molecule has 0 aromatic heterocycles. The van der Waals surface area contributed by atoms with Crippen LogP contribution in [0.4, 0.5) is 0 Å². The van der Waals surface area contributed by atoms with Crippen LogP contribution in [-0.2, 0) is 0 Å². The second-order valence-electron chi connectivity index (χ2n) is 6.10. The van der Waals surface area contributed by atoms with Gasteiger partial charge in [-0.1, -0.05) is 18.2 Å². The third-order valence-corrected chi connectivity index (χ3v) is 6.03.